The molecule has 2 aliphatic rings. The van der Waals surface area contributed by atoms with Gasteiger partial charge in [-0.2, -0.15) is 0 Å². The highest BCUT2D eigenvalue weighted by Crippen LogP contribution is 2.39. The lowest BCUT2D eigenvalue weighted by Crippen LogP contribution is -2.47. The number of carboxylic acid groups (broad SMARTS) is 1. The minimum absolute atomic E-state index is 0.0603. The Bertz CT molecular complexity index is 1260. The molecule has 2 heterocycles. The van der Waals surface area contributed by atoms with Crippen LogP contribution in [0, 0.1) is 29.1 Å². The third kappa shape index (κ3) is 8.13. The summed E-state index contributed by atoms with van der Waals surface area (Å²) in [5.74, 6) is 6.90. The number of aromatic carboxylic acids is 1. The number of carbonyl (C=O) groups is 2. The summed E-state index contributed by atoms with van der Waals surface area (Å²) in [6.45, 7) is 12.6. The first kappa shape index (κ1) is 31.1. The van der Waals surface area contributed by atoms with Crippen LogP contribution in [0.15, 0.2) is 18.2 Å². The van der Waals surface area contributed by atoms with Gasteiger partial charge in [0.2, 0.25) is 5.91 Å². The number of aryl methyl sites for hydroxylation is 2. The maximum Gasteiger partial charge on any atom is 0.348 e. The molecule has 2 saturated carbocycles. The first-order valence-corrected chi connectivity index (χ1v) is 16.2. The Balaban J connectivity index is 1.59. The molecule has 0 atom stereocenters. The molecule has 2 aromatic rings. The Labute approximate surface area is 249 Å². The molecule has 0 bridgehead atoms. The van der Waals surface area contributed by atoms with Crippen molar-refractivity contribution in [3.8, 4) is 17.6 Å². The Morgan fingerprint density at radius 2 is 1.61 bits per heavy atom. The average Bonchev–Trinajstić information content (AvgIpc) is 3.37. The highest BCUT2D eigenvalue weighted by molar-refractivity contribution is 7.15. The van der Waals surface area contributed by atoms with Crippen LogP contribution in [-0.4, -0.2) is 34.1 Å². The molecule has 2 fully saturated rings. The van der Waals surface area contributed by atoms with Crippen molar-refractivity contribution in [3.63, 3.8) is 0 Å². The largest absolute Gasteiger partial charge is 0.490 e. The molecule has 6 nitrogen and oxygen atoms in total. The van der Waals surface area contributed by atoms with Gasteiger partial charge in [-0.3, -0.25) is 9.78 Å². The number of amides is 1. The van der Waals surface area contributed by atoms with E-state index in [9.17, 15) is 14.7 Å². The van der Waals surface area contributed by atoms with E-state index in [1.54, 1.807) is 0 Å². The Morgan fingerprint density at radius 3 is 2.15 bits per heavy atom. The van der Waals surface area contributed by atoms with Crippen molar-refractivity contribution in [1.29, 1.82) is 0 Å². The number of hydrogen-bond acceptors (Lipinski definition) is 5. The van der Waals surface area contributed by atoms with Gasteiger partial charge in [0.1, 0.15) is 10.6 Å². The zero-order valence-electron chi connectivity index (χ0n) is 25.6. The Kier molecular flexibility index (Phi) is 10.2. The van der Waals surface area contributed by atoms with E-state index in [4.69, 9.17) is 4.74 Å². The first-order chi connectivity index (χ1) is 19.5. The summed E-state index contributed by atoms with van der Waals surface area (Å²) in [5.41, 5.74) is 2.39. The van der Waals surface area contributed by atoms with Gasteiger partial charge in [-0.1, -0.05) is 32.6 Å². The molecular weight excluding hydrogens is 532 g/mol. The van der Waals surface area contributed by atoms with Gasteiger partial charge in [-0.05, 0) is 97.0 Å². The van der Waals surface area contributed by atoms with E-state index in [1.807, 2.05) is 43.9 Å². The second-order valence-corrected chi connectivity index (χ2v) is 13.9. The molecule has 1 amide bonds. The van der Waals surface area contributed by atoms with Crippen molar-refractivity contribution in [2.45, 2.75) is 118 Å². The molecule has 1 N–H and O–H groups in total. The van der Waals surface area contributed by atoms with Crippen LogP contribution in [0.4, 0.5) is 5.69 Å². The molecule has 2 aliphatic carbocycles. The van der Waals surface area contributed by atoms with E-state index in [0.717, 1.165) is 81.3 Å². The van der Waals surface area contributed by atoms with Crippen LogP contribution in [0.1, 0.15) is 119 Å². The SMILES string of the molecule is CCc1cc(OC2CCC(N(C(=O)C3CCC(C)CC3)c3cc(C#CC(C)(C)C)sc3C(=O)O)CC2)cc(CC)n1. The summed E-state index contributed by atoms with van der Waals surface area (Å²) in [7, 11) is 0. The summed E-state index contributed by atoms with van der Waals surface area (Å²) < 4.78 is 6.44. The number of thiophene rings is 1. The van der Waals surface area contributed by atoms with Crippen molar-refractivity contribution < 1.29 is 19.4 Å². The first-order valence-electron chi connectivity index (χ1n) is 15.4. The van der Waals surface area contributed by atoms with Crippen molar-refractivity contribution in [3.05, 3.63) is 39.3 Å². The van der Waals surface area contributed by atoms with Crippen LogP contribution in [-0.2, 0) is 17.6 Å². The predicted molar refractivity (Wildman–Crippen MR) is 166 cm³/mol. The molecule has 0 unspecified atom stereocenters. The maximum absolute atomic E-state index is 14.2. The monoisotopic (exact) mass is 578 g/mol. The smallest absolute Gasteiger partial charge is 0.348 e. The molecule has 7 heteroatoms. The molecule has 222 valence electrons. The van der Waals surface area contributed by atoms with Crippen LogP contribution >= 0.6 is 11.3 Å². The highest BCUT2D eigenvalue weighted by Gasteiger charge is 2.38. The predicted octanol–water partition coefficient (Wildman–Crippen LogP) is 7.91. The van der Waals surface area contributed by atoms with Crippen molar-refractivity contribution in [2.75, 3.05) is 4.90 Å². The van der Waals surface area contributed by atoms with E-state index in [2.05, 4.69) is 37.6 Å². The summed E-state index contributed by atoms with van der Waals surface area (Å²) in [5, 5.41) is 10.2. The summed E-state index contributed by atoms with van der Waals surface area (Å²) in [6, 6.07) is 5.85. The van der Waals surface area contributed by atoms with E-state index < -0.39 is 5.97 Å². The fraction of sp³-hybridized carbons (Fsp3) is 0.618. The fourth-order valence-electron chi connectivity index (χ4n) is 5.89. The molecule has 0 radical (unpaired) electrons. The van der Waals surface area contributed by atoms with Crippen LogP contribution in [0.5, 0.6) is 5.75 Å². The standard InChI is InChI=1S/C34H46N2O4S/c1-7-24-19-28(20-25(8-2)35-24)40-27-15-13-26(14-16-27)36(32(37)23-11-9-22(3)10-12-23)30-21-29(17-18-34(4,5)6)41-31(30)33(38)39/h19-23,26-27H,7-16H2,1-6H3,(H,38,39). The zero-order valence-corrected chi connectivity index (χ0v) is 26.4. The lowest BCUT2D eigenvalue weighted by atomic mass is 9.81. The second kappa shape index (κ2) is 13.4. The zero-order chi connectivity index (χ0) is 29.7. The van der Waals surface area contributed by atoms with Gasteiger partial charge in [-0.15, -0.1) is 11.3 Å². The third-order valence-electron chi connectivity index (χ3n) is 8.27. The lowest BCUT2D eigenvalue weighted by molar-refractivity contribution is -0.124. The molecule has 0 spiro atoms. The summed E-state index contributed by atoms with van der Waals surface area (Å²) in [4.78, 5) is 34.0. The molecule has 4 rings (SSSR count). The number of aromatic nitrogens is 1. The summed E-state index contributed by atoms with van der Waals surface area (Å²) >= 11 is 1.18. The molecule has 0 saturated heterocycles. The number of anilines is 1. The minimum Gasteiger partial charge on any atom is -0.490 e. The fourth-order valence-corrected chi connectivity index (χ4v) is 6.73. The van der Waals surface area contributed by atoms with Crippen LogP contribution < -0.4 is 9.64 Å². The van der Waals surface area contributed by atoms with Gasteiger partial charge >= 0.3 is 5.97 Å². The number of carboxylic acids is 1. The van der Waals surface area contributed by atoms with Crippen molar-refractivity contribution in [2.24, 2.45) is 17.3 Å². The van der Waals surface area contributed by atoms with E-state index >= 15 is 0 Å². The summed E-state index contributed by atoms with van der Waals surface area (Å²) in [6.07, 6.45) is 8.74. The number of carbonyl (C=O) groups excluding carboxylic acids is 1. The topological polar surface area (TPSA) is 79.7 Å². The number of hydrogen-bond donors (Lipinski definition) is 1. The average molecular weight is 579 g/mol. The van der Waals surface area contributed by atoms with Crippen molar-refractivity contribution in [1.82, 2.24) is 4.98 Å². The van der Waals surface area contributed by atoms with Crippen LogP contribution in [0.3, 0.4) is 0 Å². The van der Waals surface area contributed by atoms with Gasteiger partial charge in [0.05, 0.1) is 16.7 Å². The maximum atomic E-state index is 14.2. The van der Waals surface area contributed by atoms with Gasteiger partial charge in [0.25, 0.3) is 0 Å². The number of rotatable bonds is 8. The lowest BCUT2D eigenvalue weighted by Gasteiger charge is -2.39. The second-order valence-electron chi connectivity index (χ2n) is 12.8. The Hall–Kier alpha value is -2.85. The highest BCUT2D eigenvalue weighted by atomic mass is 32.1. The van der Waals surface area contributed by atoms with Gasteiger partial charge < -0.3 is 14.7 Å². The molecule has 0 aromatic carbocycles. The quantitative estimate of drug-likeness (QED) is 0.322. The molecule has 41 heavy (non-hydrogen) atoms. The van der Waals surface area contributed by atoms with Crippen molar-refractivity contribution >= 4 is 28.9 Å². The number of pyridine rings is 1. The van der Waals surface area contributed by atoms with Gasteiger partial charge in [-0.25, -0.2) is 4.79 Å². The number of nitrogens with zero attached hydrogens (tertiary/aromatic N) is 2. The normalized spacial score (nSPS) is 22.9. The van der Waals surface area contributed by atoms with Crippen LogP contribution in [0.25, 0.3) is 0 Å². The van der Waals surface area contributed by atoms with Gasteiger partial charge in [0, 0.05) is 40.9 Å². The molecular formula is C34H46N2O4S. The number of ether oxygens (including phenoxy) is 1. The van der Waals surface area contributed by atoms with E-state index in [0.29, 0.717) is 16.5 Å². The molecule has 0 aliphatic heterocycles. The minimum atomic E-state index is -1.00. The van der Waals surface area contributed by atoms with E-state index in [1.165, 1.54) is 11.3 Å². The third-order valence-corrected chi connectivity index (χ3v) is 9.30. The van der Waals surface area contributed by atoms with Gasteiger partial charge in [0.15, 0.2) is 0 Å². The van der Waals surface area contributed by atoms with Crippen LogP contribution in [0.2, 0.25) is 0 Å². The Morgan fingerprint density at radius 1 is 1.00 bits per heavy atom. The van der Waals surface area contributed by atoms with E-state index in [-0.39, 0.29) is 34.3 Å². The molecule has 2 aromatic heterocycles.